The maximum absolute atomic E-state index is 10.5. The van der Waals surface area contributed by atoms with E-state index in [1.54, 1.807) is 0 Å². The Bertz CT molecular complexity index is 329. The third-order valence-electron chi connectivity index (χ3n) is 2.57. The Labute approximate surface area is 98.3 Å². The van der Waals surface area contributed by atoms with Gasteiger partial charge in [0.25, 0.3) is 0 Å². The minimum absolute atomic E-state index is 0.449. The maximum Gasteiger partial charge on any atom is 0.125 e. The first-order valence-corrected chi connectivity index (χ1v) is 5.92. The molecule has 0 amide bonds. The van der Waals surface area contributed by atoms with Gasteiger partial charge in [-0.3, -0.25) is 0 Å². The van der Waals surface area contributed by atoms with E-state index in [1.165, 1.54) is 0 Å². The van der Waals surface area contributed by atoms with Crippen molar-refractivity contribution in [3.05, 3.63) is 29.8 Å². The zero-order valence-corrected chi connectivity index (χ0v) is 10.7. The van der Waals surface area contributed by atoms with E-state index in [0.717, 1.165) is 17.7 Å². The molecule has 0 aliphatic heterocycles. The van der Waals surface area contributed by atoms with Crippen LogP contribution in [0, 0.1) is 5.92 Å². The van der Waals surface area contributed by atoms with Gasteiger partial charge in [-0.05, 0) is 32.3 Å². The highest BCUT2D eigenvalue weighted by atomic mass is 16.5. The molecule has 0 bridgehead atoms. The number of ether oxygens (including phenoxy) is 1. The minimum atomic E-state index is -0.820. The summed E-state index contributed by atoms with van der Waals surface area (Å²) >= 11 is 0. The molecular formula is C14H22O2. The Kier molecular flexibility index (Phi) is 4.36. The zero-order chi connectivity index (χ0) is 12.2. The molecule has 0 spiro atoms. The Morgan fingerprint density at radius 2 is 1.94 bits per heavy atom. The predicted octanol–water partition coefficient (Wildman–Crippen LogP) is 3.34. The standard InChI is InChI=1S/C14H22O2/c1-5-16-13-9-7-6-8-12(13)14(4,15)10-11(2)3/h6-9,11,15H,5,10H2,1-4H3. The Hall–Kier alpha value is -1.02. The highest BCUT2D eigenvalue weighted by Gasteiger charge is 2.27. The van der Waals surface area contributed by atoms with Crippen LogP contribution in [0.3, 0.4) is 0 Å². The van der Waals surface area contributed by atoms with Gasteiger partial charge in [0.15, 0.2) is 0 Å². The fourth-order valence-corrected chi connectivity index (χ4v) is 2.10. The minimum Gasteiger partial charge on any atom is -0.493 e. The van der Waals surface area contributed by atoms with Gasteiger partial charge in [0.05, 0.1) is 12.2 Å². The molecule has 0 heterocycles. The van der Waals surface area contributed by atoms with E-state index in [2.05, 4.69) is 13.8 Å². The monoisotopic (exact) mass is 222 g/mol. The van der Waals surface area contributed by atoms with Gasteiger partial charge in [-0.25, -0.2) is 0 Å². The van der Waals surface area contributed by atoms with Crippen molar-refractivity contribution in [1.29, 1.82) is 0 Å². The Balaban J connectivity index is 3.00. The molecule has 1 aromatic rings. The van der Waals surface area contributed by atoms with Crippen LogP contribution in [0.15, 0.2) is 24.3 Å². The van der Waals surface area contributed by atoms with Crippen LogP contribution < -0.4 is 4.74 Å². The van der Waals surface area contributed by atoms with Gasteiger partial charge in [0.1, 0.15) is 5.75 Å². The fourth-order valence-electron chi connectivity index (χ4n) is 2.10. The maximum atomic E-state index is 10.5. The molecule has 0 aromatic heterocycles. The van der Waals surface area contributed by atoms with E-state index in [9.17, 15) is 5.11 Å². The molecule has 0 aliphatic rings. The summed E-state index contributed by atoms with van der Waals surface area (Å²) in [4.78, 5) is 0. The third-order valence-corrected chi connectivity index (χ3v) is 2.57. The number of benzene rings is 1. The summed E-state index contributed by atoms with van der Waals surface area (Å²) in [6.07, 6.45) is 0.733. The van der Waals surface area contributed by atoms with Crippen molar-refractivity contribution in [2.24, 2.45) is 5.92 Å². The molecule has 1 aromatic carbocycles. The van der Waals surface area contributed by atoms with Crippen molar-refractivity contribution in [3.8, 4) is 5.75 Å². The van der Waals surface area contributed by atoms with E-state index in [-0.39, 0.29) is 0 Å². The molecule has 2 nitrogen and oxygen atoms in total. The van der Waals surface area contributed by atoms with Crippen molar-refractivity contribution in [1.82, 2.24) is 0 Å². The van der Waals surface area contributed by atoms with Crippen molar-refractivity contribution < 1.29 is 9.84 Å². The molecule has 1 atom stereocenters. The zero-order valence-electron chi connectivity index (χ0n) is 10.7. The molecule has 0 saturated carbocycles. The molecule has 1 unspecified atom stereocenters. The van der Waals surface area contributed by atoms with E-state index >= 15 is 0 Å². The normalized spacial score (nSPS) is 14.9. The number of aliphatic hydroxyl groups is 1. The highest BCUT2D eigenvalue weighted by Crippen LogP contribution is 2.34. The van der Waals surface area contributed by atoms with Crippen molar-refractivity contribution in [2.45, 2.75) is 39.7 Å². The molecule has 16 heavy (non-hydrogen) atoms. The van der Waals surface area contributed by atoms with Gasteiger partial charge >= 0.3 is 0 Å². The molecule has 1 rings (SSSR count). The van der Waals surface area contributed by atoms with Crippen LogP contribution in [0.25, 0.3) is 0 Å². The number of rotatable bonds is 5. The topological polar surface area (TPSA) is 29.5 Å². The van der Waals surface area contributed by atoms with Gasteiger partial charge < -0.3 is 9.84 Å². The summed E-state index contributed by atoms with van der Waals surface area (Å²) in [7, 11) is 0. The van der Waals surface area contributed by atoms with Crippen molar-refractivity contribution in [3.63, 3.8) is 0 Å². The fraction of sp³-hybridized carbons (Fsp3) is 0.571. The lowest BCUT2D eigenvalue weighted by Gasteiger charge is -2.27. The molecule has 0 radical (unpaired) electrons. The van der Waals surface area contributed by atoms with Gasteiger partial charge in [-0.1, -0.05) is 32.0 Å². The first-order chi connectivity index (χ1) is 7.47. The van der Waals surface area contributed by atoms with Crippen LogP contribution >= 0.6 is 0 Å². The second-order valence-corrected chi connectivity index (χ2v) is 4.80. The number of hydrogen-bond donors (Lipinski definition) is 1. The quantitative estimate of drug-likeness (QED) is 0.828. The summed E-state index contributed by atoms with van der Waals surface area (Å²) in [6.45, 7) is 8.64. The average Bonchev–Trinajstić information content (AvgIpc) is 2.17. The lowest BCUT2D eigenvalue weighted by Crippen LogP contribution is -2.24. The van der Waals surface area contributed by atoms with Crippen molar-refractivity contribution in [2.75, 3.05) is 6.61 Å². The van der Waals surface area contributed by atoms with E-state index < -0.39 is 5.60 Å². The molecule has 0 aliphatic carbocycles. The van der Waals surface area contributed by atoms with Gasteiger partial charge in [-0.15, -0.1) is 0 Å². The SMILES string of the molecule is CCOc1ccccc1C(C)(O)CC(C)C. The van der Waals surface area contributed by atoms with Crippen LogP contribution in [0.2, 0.25) is 0 Å². The number of para-hydroxylation sites is 1. The number of hydrogen-bond acceptors (Lipinski definition) is 2. The average molecular weight is 222 g/mol. The van der Waals surface area contributed by atoms with Gasteiger partial charge in [-0.2, -0.15) is 0 Å². The van der Waals surface area contributed by atoms with Crippen LogP contribution in [0.5, 0.6) is 5.75 Å². The third kappa shape index (κ3) is 3.24. The summed E-state index contributed by atoms with van der Waals surface area (Å²) < 4.78 is 5.54. The van der Waals surface area contributed by atoms with Gasteiger partial charge in [0, 0.05) is 5.56 Å². The van der Waals surface area contributed by atoms with Crippen LogP contribution in [0.4, 0.5) is 0 Å². The molecule has 90 valence electrons. The molecule has 1 N–H and O–H groups in total. The summed E-state index contributed by atoms with van der Waals surface area (Å²) in [5, 5.41) is 10.5. The molecular weight excluding hydrogens is 200 g/mol. The summed E-state index contributed by atoms with van der Waals surface area (Å²) in [5.74, 6) is 1.24. The van der Waals surface area contributed by atoms with Gasteiger partial charge in [0.2, 0.25) is 0 Å². The summed E-state index contributed by atoms with van der Waals surface area (Å²) in [5.41, 5.74) is 0.0606. The lowest BCUT2D eigenvalue weighted by atomic mass is 9.87. The Morgan fingerprint density at radius 3 is 2.50 bits per heavy atom. The largest absolute Gasteiger partial charge is 0.493 e. The van der Waals surface area contributed by atoms with Crippen LogP contribution in [-0.4, -0.2) is 11.7 Å². The smallest absolute Gasteiger partial charge is 0.125 e. The molecule has 0 fully saturated rings. The first kappa shape index (κ1) is 13.0. The van der Waals surface area contributed by atoms with Crippen LogP contribution in [0.1, 0.15) is 39.7 Å². The van der Waals surface area contributed by atoms with E-state index in [1.807, 2.05) is 38.1 Å². The van der Waals surface area contributed by atoms with Crippen molar-refractivity contribution >= 4 is 0 Å². The molecule has 0 saturated heterocycles. The van der Waals surface area contributed by atoms with E-state index in [0.29, 0.717) is 12.5 Å². The second-order valence-electron chi connectivity index (χ2n) is 4.80. The summed E-state index contributed by atoms with van der Waals surface area (Å²) in [6, 6.07) is 7.72. The Morgan fingerprint density at radius 1 is 1.31 bits per heavy atom. The second kappa shape index (κ2) is 5.35. The lowest BCUT2D eigenvalue weighted by molar-refractivity contribution is 0.0321. The first-order valence-electron chi connectivity index (χ1n) is 5.92. The van der Waals surface area contributed by atoms with E-state index in [4.69, 9.17) is 4.74 Å². The van der Waals surface area contributed by atoms with Crippen LogP contribution in [-0.2, 0) is 5.60 Å². The predicted molar refractivity (Wildman–Crippen MR) is 66.6 cm³/mol. The molecule has 2 heteroatoms. The highest BCUT2D eigenvalue weighted by molar-refractivity contribution is 5.37.